The molecule has 1 aliphatic carbocycles. The summed E-state index contributed by atoms with van der Waals surface area (Å²) in [7, 11) is 0. The maximum Gasteiger partial charge on any atom is 0.254 e. The van der Waals surface area contributed by atoms with Crippen molar-refractivity contribution >= 4 is 44.4 Å². The van der Waals surface area contributed by atoms with Gasteiger partial charge in [-0.3, -0.25) is 9.59 Å². The lowest BCUT2D eigenvalue weighted by Crippen LogP contribution is -2.17. The van der Waals surface area contributed by atoms with E-state index in [1.807, 2.05) is 24.3 Å². The van der Waals surface area contributed by atoms with Crippen molar-refractivity contribution in [3.8, 4) is 0 Å². The van der Waals surface area contributed by atoms with Crippen LogP contribution in [0.1, 0.15) is 17.7 Å². The predicted octanol–water partition coefficient (Wildman–Crippen LogP) is 2.60. The number of carbonyl (C=O) groups is 1. The van der Waals surface area contributed by atoms with Crippen LogP contribution in [0, 0.1) is 0 Å². The van der Waals surface area contributed by atoms with Gasteiger partial charge in [0, 0.05) is 5.56 Å². The first kappa shape index (κ1) is 15.3. The lowest BCUT2D eigenvalue weighted by atomic mass is 10.3. The number of aryl methyl sites for hydroxylation is 1. The maximum absolute atomic E-state index is 12.1. The van der Waals surface area contributed by atoms with Gasteiger partial charge in [0.15, 0.2) is 10.3 Å². The van der Waals surface area contributed by atoms with Crippen molar-refractivity contribution in [1.29, 1.82) is 0 Å². The first-order chi connectivity index (χ1) is 11.7. The van der Waals surface area contributed by atoms with Crippen molar-refractivity contribution in [1.82, 2.24) is 15.0 Å². The number of hydrogen-bond donors (Lipinski definition) is 2. The second kappa shape index (κ2) is 6.37. The van der Waals surface area contributed by atoms with Crippen molar-refractivity contribution in [3.63, 3.8) is 0 Å². The van der Waals surface area contributed by atoms with Gasteiger partial charge in [0.25, 0.3) is 5.56 Å². The summed E-state index contributed by atoms with van der Waals surface area (Å²) in [5.41, 5.74) is 2.45. The molecule has 0 bridgehead atoms. The van der Waals surface area contributed by atoms with Crippen molar-refractivity contribution in [3.05, 3.63) is 45.9 Å². The molecule has 0 saturated heterocycles. The van der Waals surface area contributed by atoms with Crippen LogP contribution >= 0.6 is 23.1 Å². The van der Waals surface area contributed by atoms with Crippen molar-refractivity contribution in [2.24, 2.45) is 0 Å². The smallest absolute Gasteiger partial charge is 0.254 e. The minimum absolute atomic E-state index is 0.0772. The zero-order valence-corrected chi connectivity index (χ0v) is 14.3. The van der Waals surface area contributed by atoms with E-state index in [1.54, 1.807) is 0 Å². The molecule has 0 unspecified atom stereocenters. The predicted molar refractivity (Wildman–Crippen MR) is 95.9 cm³/mol. The number of hydrogen-bond acceptors (Lipinski definition) is 6. The normalized spacial score (nSPS) is 13.2. The Hall–Kier alpha value is -2.19. The van der Waals surface area contributed by atoms with Gasteiger partial charge in [-0.05, 0) is 31.4 Å². The van der Waals surface area contributed by atoms with E-state index in [0.29, 0.717) is 10.3 Å². The summed E-state index contributed by atoms with van der Waals surface area (Å²) >= 11 is 2.67. The highest BCUT2D eigenvalue weighted by Crippen LogP contribution is 2.25. The number of para-hydroxylation sites is 1. The number of H-pyrrole nitrogens is 1. The number of fused-ring (bicyclic) bond motifs is 2. The van der Waals surface area contributed by atoms with E-state index in [0.717, 1.165) is 40.7 Å². The molecule has 0 aliphatic heterocycles. The lowest BCUT2D eigenvalue weighted by Gasteiger charge is -2.03. The van der Waals surface area contributed by atoms with Crippen LogP contribution < -0.4 is 10.9 Å². The van der Waals surface area contributed by atoms with E-state index >= 15 is 0 Å². The summed E-state index contributed by atoms with van der Waals surface area (Å²) in [6, 6.07) is 7.74. The van der Waals surface area contributed by atoms with Crippen LogP contribution in [0.4, 0.5) is 5.13 Å². The summed E-state index contributed by atoms with van der Waals surface area (Å²) in [5.74, 6) is 0.0136. The highest BCUT2D eigenvalue weighted by molar-refractivity contribution is 7.99. The van der Waals surface area contributed by atoms with Crippen LogP contribution in [0.15, 0.2) is 34.2 Å². The summed E-state index contributed by atoms with van der Waals surface area (Å²) in [6.07, 6.45) is 2.60. The first-order valence-electron chi connectivity index (χ1n) is 7.59. The minimum atomic E-state index is -0.165. The Bertz CT molecular complexity index is 947. The molecule has 1 amide bonds. The van der Waals surface area contributed by atoms with Crippen LogP contribution in [-0.2, 0) is 17.6 Å². The zero-order chi connectivity index (χ0) is 16.5. The second-order valence-electron chi connectivity index (χ2n) is 5.47. The summed E-state index contributed by atoms with van der Waals surface area (Å²) in [4.78, 5) is 35.6. The number of amides is 1. The van der Waals surface area contributed by atoms with E-state index < -0.39 is 0 Å². The third kappa shape index (κ3) is 3.07. The fourth-order valence-electron chi connectivity index (χ4n) is 2.70. The Morgan fingerprint density at radius 2 is 2.17 bits per heavy atom. The number of carbonyl (C=O) groups excluding carboxylic acids is 1. The molecule has 0 saturated carbocycles. The Balaban J connectivity index is 1.41. The molecular weight excluding hydrogens is 344 g/mol. The van der Waals surface area contributed by atoms with E-state index in [1.165, 1.54) is 23.1 Å². The van der Waals surface area contributed by atoms with Crippen molar-refractivity contribution < 1.29 is 4.79 Å². The number of aromatic nitrogens is 3. The fourth-order valence-corrected chi connectivity index (χ4v) is 4.26. The van der Waals surface area contributed by atoms with Gasteiger partial charge in [0.05, 0.1) is 21.7 Å². The van der Waals surface area contributed by atoms with Crippen molar-refractivity contribution in [2.75, 3.05) is 11.1 Å². The molecule has 4 rings (SSSR count). The number of rotatable bonds is 4. The van der Waals surface area contributed by atoms with Crippen LogP contribution in [0.25, 0.3) is 10.2 Å². The molecule has 8 heteroatoms. The molecule has 0 atom stereocenters. The number of nitrogens with zero attached hydrogens (tertiary/aromatic N) is 2. The topological polar surface area (TPSA) is 87.7 Å². The van der Waals surface area contributed by atoms with Gasteiger partial charge in [-0.25, -0.2) is 9.97 Å². The van der Waals surface area contributed by atoms with E-state index in [-0.39, 0.29) is 17.2 Å². The summed E-state index contributed by atoms with van der Waals surface area (Å²) in [5, 5.41) is 3.88. The van der Waals surface area contributed by atoms with Gasteiger partial charge in [-0.15, -0.1) is 0 Å². The number of anilines is 1. The average Bonchev–Trinajstić information content (AvgIpc) is 3.18. The quantitative estimate of drug-likeness (QED) is 0.553. The average molecular weight is 358 g/mol. The van der Waals surface area contributed by atoms with E-state index in [2.05, 4.69) is 20.3 Å². The Morgan fingerprint density at radius 1 is 1.29 bits per heavy atom. The molecule has 2 heterocycles. The molecule has 0 spiro atoms. The van der Waals surface area contributed by atoms with Crippen molar-refractivity contribution in [2.45, 2.75) is 24.4 Å². The standard InChI is InChI=1S/C16H14N4O2S2/c21-13(19-16-18-11-5-1-2-7-12(11)24-16)8-23-15-17-10-6-3-4-9(10)14(22)20-15/h1-2,5,7H,3-4,6,8H2,(H,17,20,22)(H,18,19,21). The molecule has 2 aromatic heterocycles. The summed E-state index contributed by atoms with van der Waals surface area (Å²) < 4.78 is 1.03. The van der Waals surface area contributed by atoms with Crippen LogP contribution in [0.2, 0.25) is 0 Å². The third-order valence-corrected chi connectivity index (χ3v) is 5.63. The van der Waals surface area contributed by atoms with Crippen LogP contribution in [0.5, 0.6) is 0 Å². The zero-order valence-electron chi connectivity index (χ0n) is 12.7. The van der Waals surface area contributed by atoms with Gasteiger partial charge < -0.3 is 10.3 Å². The number of nitrogens with one attached hydrogen (secondary N) is 2. The lowest BCUT2D eigenvalue weighted by molar-refractivity contribution is -0.113. The molecule has 2 N–H and O–H groups in total. The third-order valence-electron chi connectivity index (χ3n) is 3.80. The Kier molecular flexibility index (Phi) is 4.07. The largest absolute Gasteiger partial charge is 0.301 e. The molecule has 1 aromatic carbocycles. The van der Waals surface area contributed by atoms with Crippen LogP contribution in [-0.4, -0.2) is 26.6 Å². The number of thiazole rings is 1. The molecule has 0 fully saturated rings. The molecule has 1 aliphatic rings. The fraction of sp³-hybridized carbons (Fsp3) is 0.250. The SMILES string of the molecule is O=C(CSc1nc2c(c(=O)[nH]1)CCC2)Nc1nc2ccccc2s1. The molecule has 6 nitrogen and oxygen atoms in total. The summed E-state index contributed by atoms with van der Waals surface area (Å²) in [6.45, 7) is 0. The highest BCUT2D eigenvalue weighted by Gasteiger charge is 2.17. The number of benzene rings is 1. The monoisotopic (exact) mass is 358 g/mol. The first-order valence-corrected chi connectivity index (χ1v) is 9.39. The Morgan fingerprint density at radius 3 is 3.04 bits per heavy atom. The van der Waals surface area contributed by atoms with Gasteiger partial charge in [0.1, 0.15) is 0 Å². The second-order valence-corrected chi connectivity index (χ2v) is 7.47. The van der Waals surface area contributed by atoms with Gasteiger partial charge in [-0.1, -0.05) is 35.2 Å². The number of aromatic amines is 1. The molecular formula is C16H14N4O2S2. The number of thioether (sulfide) groups is 1. The van der Waals surface area contributed by atoms with E-state index in [9.17, 15) is 9.59 Å². The van der Waals surface area contributed by atoms with Crippen LogP contribution in [0.3, 0.4) is 0 Å². The van der Waals surface area contributed by atoms with Gasteiger partial charge in [0.2, 0.25) is 5.91 Å². The van der Waals surface area contributed by atoms with Gasteiger partial charge >= 0.3 is 0 Å². The molecule has 3 aromatic rings. The maximum atomic E-state index is 12.1. The Labute approximate surface area is 145 Å². The minimum Gasteiger partial charge on any atom is -0.301 e. The highest BCUT2D eigenvalue weighted by atomic mass is 32.2. The van der Waals surface area contributed by atoms with Gasteiger partial charge in [-0.2, -0.15) is 0 Å². The van der Waals surface area contributed by atoms with E-state index in [4.69, 9.17) is 0 Å². The molecule has 0 radical (unpaired) electrons. The molecule has 122 valence electrons. The molecule has 24 heavy (non-hydrogen) atoms.